The van der Waals surface area contributed by atoms with E-state index in [4.69, 9.17) is 23.2 Å². The average Bonchev–Trinajstić information content (AvgIpc) is 2.61. The highest BCUT2D eigenvalue weighted by Gasteiger charge is 2.13. The van der Waals surface area contributed by atoms with Gasteiger partial charge in [-0.05, 0) is 58.4 Å². The summed E-state index contributed by atoms with van der Waals surface area (Å²) >= 11 is 10.1. The van der Waals surface area contributed by atoms with Crippen molar-refractivity contribution in [3.8, 4) is 0 Å². The quantitative estimate of drug-likeness (QED) is 0.361. The summed E-state index contributed by atoms with van der Waals surface area (Å²) in [5.74, 6) is 1.11. The topological polar surface area (TPSA) is 0 Å². The molecular weight excluding hydrogens is 311 g/mol. The van der Waals surface area contributed by atoms with E-state index in [0.717, 1.165) is 0 Å². The molecule has 3 aromatic rings. The van der Waals surface area contributed by atoms with Crippen molar-refractivity contribution >= 4 is 44.7 Å². The summed E-state index contributed by atoms with van der Waals surface area (Å²) in [6.07, 6.45) is 5.22. The first kappa shape index (κ1) is 15.6. The molecule has 1 aliphatic rings. The first-order valence-corrected chi connectivity index (χ1v) is 8.96. The number of rotatable bonds is 1. The van der Waals surface area contributed by atoms with E-state index in [1.807, 2.05) is 0 Å². The second-order valence-corrected chi connectivity index (χ2v) is 6.43. The van der Waals surface area contributed by atoms with Gasteiger partial charge in [-0.1, -0.05) is 48.5 Å². The predicted octanol–water partition coefficient (Wildman–Crippen LogP) is 6.34. The van der Waals surface area contributed by atoms with Gasteiger partial charge in [-0.15, -0.1) is 23.2 Å². The molecule has 0 amide bonds. The van der Waals surface area contributed by atoms with E-state index >= 15 is 0 Å². The molecule has 0 spiro atoms. The molecule has 0 unspecified atom stereocenters. The monoisotopic (exact) mass is 330 g/mol. The predicted molar refractivity (Wildman–Crippen MR) is 99.5 cm³/mol. The largest absolute Gasteiger partial charge is 0.125 e. The molecule has 0 aliphatic heterocycles. The van der Waals surface area contributed by atoms with Gasteiger partial charge in [0.1, 0.15) is 0 Å². The molecule has 0 fully saturated rings. The third-order valence-corrected chi connectivity index (χ3v) is 4.90. The van der Waals surface area contributed by atoms with Crippen LogP contribution in [0.5, 0.6) is 0 Å². The van der Waals surface area contributed by atoms with Crippen molar-refractivity contribution in [1.29, 1.82) is 0 Å². The van der Waals surface area contributed by atoms with E-state index in [9.17, 15) is 0 Å². The minimum absolute atomic E-state index is 0.557. The zero-order chi connectivity index (χ0) is 15.4. The molecule has 0 nitrogen and oxygen atoms in total. The van der Waals surface area contributed by atoms with Gasteiger partial charge in [-0.25, -0.2) is 0 Å². The molecule has 0 saturated carbocycles. The Hall–Kier alpha value is -1.24. The minimum atomic E-state index is 0.557. The molecule has 114 valence electrons. The summed E-state index contributed by atoms with van der Waals surface area (Å²) in [4.78, 5) is 0. The highest BCUT2D eigenvalue weighted by atomic mass is 35.5. The SMILES string of the molecule is ClCCCl.c1ccc2c(c1)ccc1c3c(ccc12)CCCC3. The second kappa shape index (κ2) is 7.35. The maximum absolute atomic E-state index is 5.05. The Balaban J connectivity index is 0.000000325. The van der Waals surface area contributed by atoms with Crippen LogP contribution in [0.2, 0.25) is 0 Å². The van der Waals surface area contributed by atoms with Gasteiger partial charge in [-0.3, -0.25) is 0 Å². The van der Waals surface area contributed by atoms with Gasteiger partial charge in [0, 0.05) is 11.8 Å². The summed E-state index contributed by atoms with van der Waals surface area (Å²) in [6.45, 7) is 0. The highest BCUT2D eigenvalue weighted by Crippen LogP contribution is 2.33. The van der Waals surface area contributed by atoms with E-state index in [2.05, 4.69) is 48.5 Å². The fraction of sp³-hybridized carbons (Fsp3) is 0.300. The van der Waals surface area contributed by atoms with Crippen LogP contribution in [0.4, 0.5) is 0 Å². The number of hydrogen-bond donors (Lipinski definition) is 0. The molecule has 0 saturated heterocycles. The fourth-order valence-electron chi connectivity index (χ4n) is 3.34. The van der Waals surface area contributed by atoms with Crippen LogP contribution in [0, 0.1) is 0 Å². The van der Waals surface area contributed by atoms with Crippen LogP contribution in [-0.2, 0) is 12.8 Å². The van der Waals surface area contributed by atoms with Crippen molar-refractivity contribution in [2.75, 3.05) is 11.8 Å². The number of fused-ring (bicyclic) bond motifs is 5. The van der Waals surface area contributed by atoms with Gasteiger partial charge in [0.05, 0.1) is 0 Å². The van der Waals surface area contributed by atoms with Crippen LogP contribution < -0.4 is 0 Å². The lowest BCUT2D eigenvalue weighted by Crippen LogP contribution is -2.02. The number of aryl methyl sites for hydroxylation is 2. The Morgan fingerprint density at radius 1 is 0.682 bits per heavy atom. The van der Waals surface area contributed by atoms with E-state index in [0.29, 0.717) is 11.8 Å². The molecule has 22 heavy (non-hydrogen) atoms. The van der Waals surface area contributed by atoms with Gasteiger partial charge in [0.2, 0.25) is 0 Å². The lowest BCUT2D eigenvalue weighted by atomic mass is 9.86. The lowest BCUT2D eigenvalue weighted by Gasteiger charge is -2.18. The normalized spacial score (nSPS) is 13.5. The maximum atomic E-state index is 5.05. The Kier molecular flexibility index (Phi) is 5.23. The second-order valence-electron chi connectivity index (χ2n) is 5.67. The molecule has 4 rings (SSSR count). The Bertz CT molecular complexity index is 775. The van der Waals surface area contributed by atoms with Crippen LogP contribution in [0.25, 0.3) is 21.5 Å². The number of hydrogen-bond acceptors (Lipinski definition) is 0. The first-order chi connectivity index (χ1) is 10.8. The Morgan fingerprint density at radius 3 is 2.23 bits per heavy atom. The van der Waals surface area contributed by atoms with Crippen LogP contribution in [0.3, 0.4) is 0 Å². The molecule has 0 heterocycles. The van der Waals surface area contributed by atoms with Crippen LogP contribution in [0.1, 0.15) is 24.0 Å². The molecule has 0 N–H and O–H groups in total. The van der Waals surface area contributed by atoms with E-state index in [1.54, 1.807) is 11.1 Å². The Labute approximate surface area is 142 Å². The average molecular weight is 331 g/mol. The maximum Gasteiger partial charge on any atom is 0.0359 e. The molecule has 1 aliphatic carbocycles. The van der Waals surface area contributed by atoms with Crippen molar-refractivity contribution in [3.63, 3.8) is 0 Å². The smallest absolute Gasteiger partial charge is 0.0359 e. The van der Waals surface area contributed by atoms with Crippen molar-refractivity contribution in [2.45, 2.75) is 25.7 Å². The standard InChI is InChI=1S/C18H16.C2H4Cl2/c1-3-7-15-13(5-1)9-11-18-16-8-4-2-6-14(16)10-12-17(15)18;3-1-2-4/h1,3,5,7,9-12H,2,4,6,8H2;1-2H2. The summed E-state index contributed by atoms with van der Waals surface area (Å²) in [7, 11) is 0. The van der Waals surface area contributed by atoms with Crippen molar-refractivity contribution in [2.24, 2.45) is 0 Å². The zero-order valence-corrected chi connectivity index (χ0v) is 14.1. The summed E-state index contributed by atoms with van der Waals surface area (Å²) < 4.78 is 0. The third kappa shape index (κ3) is 3.09. The van der Waals surface area contributed by atoms with Gasteiger partial charge < -0.3 is 0 Å². The Morgan fingerprint density at radius 2 is 1.41 bits per heavy atom. The van der Waals surface area contributed by atoms with Crippen LogP contribution in [-0.4, -0.2) is 11.8 Å². The summed E-state index contributed by atoms with van der Waals surface area (Å²) in [5.41, 5.74) is 3.17. The van der Waals surface area contributed by atoms with Crippen molar-refractivity contribution < 1.29 is 0 Å². The van der Waals surface area contributed by atoms with E-state index in [1.165, 1.54) is 47.2 Å². The fourth-order valence-corrected chi connectivity index (χ4v) is 3.34. The molecular formula is C20H20Cl2. The molecule has 0 atom stereocenters. The molecule has 0 bridgehead atoms. The van der Waals surface area contributed by atoms with Gasteiger partial charge in [-0.2, -0.15) is 0 Å². The van der Waals surface area contributed by atoms with E-state index in [-0.39, 0.29) is 0 Å². The van der Waals surface area contributed by atoms with Crippen LogP contribution in [0.15, 0.2) is 48.5 Å². The van der Waals surface area contributed by atoms with Gasteiger partial charge in [0.15, 0.2) is 0 Å². The highest BCUT2D eigenvalue weighted by molar-refractivity contribution is 6.25. The molecule has 3 aromatic carbocycles. The first-order valence-electron chi connectivity index (χ1n) is 7.89. The van der Waals surface area contributed by atoms with Crippen LogP contribution >= 0.6 is 23.2 Å². The molecule has 0 aromatic heterocycles. The van der Waals surface area contributed by atoms with Crippen molar-refractivity contribution in [3.05, 3.63) is 59.7 Å². The molecule has 2 heteroatoms. The lowest BCUT2D eigenvalue weighted by molar-refractivity contribution is 0.690. The minimum Gasteiger partial charge on any atom is -0.125 e. The van der Waals surface area contributed by atoms with Gasteiger partial charge >= 0.3 is 0 Å². The summed E-state index contributed by atoms with van der Waals surface area (Å²) in [5, 5.41) is 5.64. The molecule has 0 radical (unpaired) electrons. The van der Waals surface area contributed by atoms with Gasteiger partial charge in [0.25, 0.3) is 0 Å². The number of halogens is 2. The number of benzene rings is 3. The third-order valence-electron chi connectivity index (χ3n) is 4.33. The summed E-state index contributed by atoms with van der Waals surface area (Å²) in [6, 6.07) is 18.0. The number of alkyl halides is 2. The zero-order valence-electron chi connectivity index (χ0n) is 12.6. The van der Waals surface area contributed by atoms with Crippen molar-refractivity contribution in [1.82, 2.24) is 0 Å². The van der Waals surface area contributed by atoms with E-state index < -0.39 is 0 Å².